The third kappa shape index (κ3) is 2.54. The molecule has 0 aliphatic rings. The van der Waals surface area contributed by atoms with Crippen molar-refractivity contribution >= 4 is 23.3 Å². The van der Waals surface area contributed by atoms with Gasteiger partial charge in [-0.05, 0) is 25.1 Å². The van der Waals surface area contributed by atoms with Crippen molar-refractivity contribution in [1.29, 1.82) is 0 Å². The van der Waals surface area contributed by atoms with Crippen LogP contribution in [0, 0.1) is 6.92 Å². The van der Waals surface area contributed by atoms with E-state index in [-0.39, 0.29) is 16.8 Å². The number of aryl methyl sites for hydroxylation is 1. The minimum Gasteiger partial charge on any atom is -0.478 e. The summed E-state index contributed by atoms with van der Waals surface area (Å²) in [5.74, 6) is -1.32. The second kappa shape index (κ2) is 4.81. The number of aromatic carboxylic acids is 1. The standard InChI is InChI=1S/C12H11N3O4/c1-6-9(5-14-19-6)11(16)15-10-3-2-7(13)4-8(10)12(17)18/h2-5H,13H2,1H3,(H,15,16)(H,17,18). The van der Waals surface area contributed by atoms with Crippen LogP contribution < -0.4 is 11.1 Å². The van der Waals surface area contributed by atoms with Gasteiger partial charge in [0.05, 0.1) is 17.4 Å². The highest BCUT2D eigenvalue weighted by Crippen LogP contribution is 2.20. The molecule has 4 N–H and O–H groups in total. The van der Waals surface area contributed by atoms with Gasteiger partial charge in [-0.1, -0.05) is 5.16 Å². The van der Waals surface area contributed by atoms with E-state index in [1.807, 2.05) is 0 Å². The summed E-state index contributed by atoms with van der Waals surface area (Å²) in [5.41, 5.74) is 6.14. The zero-order valence-electron chi connectivity index (χ0n) is 10.0. The van der Waals surface area contributed by atoms with Gasteiger partial charge in [-0.25, -0.2) is 4.79 Å². The number of hydrogen-bond acceptors (Lipinski definition) is 5. The predicted octanol–water partition coefficient (Wildman–Crippen LogP) is 1.52. The first kappa shape index (κ1) is 12.6. The molecule has 0 radical (unpaired) electrons. The number of nitrogens with zero attached hydrogens (tertiary/aromatic N) is 1. The molecule has 0 aliphatic heterocycles. The van der Waals surface area contributed by atoms with Gasteiger partial charge in [0.25, 0.3) is 5.91 Å². The van der Waals surface area contributed by atoms with E-state index in [4.69, 9.17) is 15.4 Å². The van der Waals surface area contributed by atoms with Gasteiger partial charge in [0, 0.05) is 5.69 Å². The maximum Gasteiger partial charge on any atom is 0.337 e. The van der Waals surface area contributed by atoms with Crippen molar-refractivity contribution in [1.82, 2.24) is 5.16 Å². The molecular weight excluding hydrogens is 250 g/mol. The Kier molecular flexibility index (Phi) is 3.19. The Bertz CT molecular complexity index is 648. The average Bonchev–Trinajstić information content (AvgIpc) is 2.77. The molecule has 2 aromatic rings. The van der Waals surface area contributed by atoms with Crippen molar-refractivity contribution in [3.05, 3.63) is 41.3 Å². The average molecular weight is 261 g/mol. The molecule has 0 saturated carbocycles. The third-order valence-electron chi connectivity index (χ3n) is 2.52. The van der Waals surface area contributed by atoms with Gasteiger partial charge < -0.3 is 20.7 Å². The quantitative estimate of drug-likeness (QED) is 0.721. The van der Waals surface area contributed by atoms with Gasteiger partial charge in [-0.3, -0.25) is 4.79 Å². The van der Waals surface area contributed by atoms with E-state index in [1.165, 1.54) is 24.4 Å². The van der Waals surface area contributed by atoms with Crippen LogP contribution in [0.4, 0.5) is 11.4 Å². The largest absolute Gasteiger partial charge is 0.478 e. The Balaban J connectivity index is 2.32. The highest BCUT2D eigenvalue weighted by molar-refractivity contribution is 6.08. The lowest BCUT2D eigenvalue weighted by Gasteiger charge is -2.08. The second-order valence-corrected chi connectivity index (χ2v) is 3.86. The molecule has 98 valence electrons. The fraction of sp³-hybridized carbons (Fsp3) is 0.0833. The second-order valence-electron chi connectivity index (χ2n) is 3.86. The lowest BCUT2D eigenvalue weighted by atomic mass is 10.1. The van der Waals surface area contributed by atoms with Crippen molar-refractivity contribution in [2.45, 2.75) is 6.92 Å². The van der Waals surface area contributed by atoms with Crippen LogP contribution in [0.15, 0.2) is 28.9 Å². The number of carboxylic acid groups (broad SMARTS) is 1. The lowest BCUT2D eigenvalue weighted by Crippen LogP contribution is -2.15. The normalized spacial score (nSPS) is 10.2. The van der Waals surface area contributed by atoms with Crippen LogP contribution in [0.2, 0.25) is 0 Å². The highest BCUT2D eigenvalue weighted by atomic mass is 16.5. The SMILES string of the molecule is Cc1oncc1C(=O)Nc1ccc(N)cc1C(=O)O. The first-order chi connectivity index (χ1) is 8.99. The van der Waals surface area contributed by atoms with E-state index >= 15 is 0 Å². The molecule has 0 spiro atoms. The lowest BCUT2D eigenvalue weighted by molar-refractivity contribution is 0.0698. The smallest absolute Gasteiger partial charge is 0.337 e. The van der Waals surface area contributed by atoms with E-state index in [2.05, 4.69) is 10.5 Å². The van der Waals surface area contributed by atoms with Crippen LogP contribution in [0.5, 0.6) is 0 Å². The number of aromatic nitrogens is 1. The number of nitrogen functional groups attached to an aromatic ring is 1. The number of hydrogen-bond donors (Lipinski definition) is 3. The molecule has 1 aromatic carbocycles. The first-order valence-corrected chi connectivity index (χ1v) is 5.34. The molecule has 1 amide bonds. The zero-order chi connectivity index (χ0) is 14.0. The summed E-state index contributed by atoms with van der Waals surface area (Å²) in [6.45, 7) is 1.59. The number of carboxylic acids is 1. The molecule has 7 heteroatoms. The first-order valence-electron chi connectivity index (χ1n) is 5.34. The van der Waals surface area contributed by atoms with Gasteiger partial charge in [0.15, 0.2) is 0 Å². The molecule has 1 aromatic heterocycles. The number of nitrogens with one attached hydrogen (secondary N) is 1. The number of nitrogens with two attached hydrogens (primary N) is 1. The molecule has 0 aliphatic carbocycles. The summed E-state index contributed by atoms with van der Waals surface area (Å²) in [7, 11) is 0. The molecular formula is C12H11N3O4. The molecule has 0 unspecified atom stereocenters. The Hall–Kier alpha value is -2.83. The molecule has 7 nitrogen and oxygen atoms in total. The predicted molar refractivity (Wildman–Crippen MR) is 67.0 cm³/mol. The minimum atomic E-state index is -1.18. The van der Waals surface area contributed by atoms with Crippen LogP contribution >= 0.6 is 0 Å². The number of carbonyl (C=O) groups is 2. The van der Waals surface area contributed by atoms with E-state index in [0.717, 1.165) is 0 Å². The van der Waals surface area contributed by atoms with Crippen molar-refractivity contribution in [2.75, 3.05) is 11.1 Å². The van der Waals surface area contributed by atoms with Gasteiger partial charge >= 0.3 is 5.97 Å². The Morgan fingerprint density at radius 1 is 1.37 bits per heavy atom. The van der Waals surface area contributed by atoms with E-state index in [1.54, 1.807) is 6.92 Å². The maximum atomic E-state index is 11.9. The number of carbonyl (C=O) groups excluding carboxylic acids is 1. The zero-order valence-corrected chi connectivity index (χ0v) is 10.0. The van der Waals surface area contributed by atoms with Crippen LogP contribution in [0.1, 0.15) is 26.5 Å². The number of anilines is 2. The third-order valence-corrected chi connectivity index (χ3v) is 2.52. The molecule has 0 atom stereocenters. The summed E-state index contributed by atoms with van der Waals surface area (Å²) >= 11 is 0. The van der Waals surface area contributed by atoms with Crippen LogP contribution in [0.3, 0.4) is 0 Å². The van der Waals surface area contributed by atoms with Crippen LogP contribution in [-0.4, -0.2) is 22.1 Å². The Morgan fingerprint density at radius 3 is 2.68 bits per heavy atom. The fourth-order valence-corrected chi connectivity index (χ4v) is 1.55. The van der Waals surface area contributed by atoms with Gasteiger partial charge in [0.2, 0.25) is 0 Å². The molecule has 0 saturated heterocycles. The molecule has 0 bridgehead atoms. The summed E-state index contributed by atoms with van der Waals surface area (Å²) in [6, 6.07) is 4.21. The highest BCUT2D eigenvalue weighted by Gasteiger charge is 2.17. The summed E-state index contributed by atoms with van der Waals surface area (Å²) in [5, 5.41) is 15.0. The number of amides is 1. The van der Waals surface area contributed by atoms with E-state index in [0.29, 0.717) is 11.4 Å². The number of rotatable bonds is 3. The molecule has 2 rings (SSSR count). The molecule has 19 heavy (non-hydrogen) atoms. The monoisotopic (exact) mass is 261 g/mol. The topological polar surface area (TPSA) is 118 Å². The van der Waals surface area contributed by atoms with E-state index in [9.17, 15) is 9.59 Å². The summed E-state index contributed by atoms with van der Waals surface area (Å²) in [6.07, 6.45) is 1.27. The summed E-state index contributed by atoms with van der Waals surface area (Å²) in [4.78, 5) is 23.0. The van der Waals surface area contributed by atoms with Crippen molar-refractivity contribution < 1.29 is 19.2 Å². The van der Waals surface area contributed by atoms with Crippen molar-refractivity contribution in [3.8, 4) is 0 Å². The van der Waals surface area contributed by atoms with Gasteiger partial charge in [-0.15, -0.1) is 0 Å². The minimum absolute atomic E-state index is 0.0811. The van der Waals surface area contributed by atoms with Crippen LogP contribution in [-0.2, 0) is 0 Å². The Labute approximate surface area is 108 Å². The van der Waals surface area contributed by atoms with E-state index < -0.39 is 11.9 Å². The Morgan fingerprint density at radius 2 is 2.11 bits per heavy atom. The fourth-order valence-electron chi connectivity index (χ4n) is 1.55. The molecule has 1 heterocycles. The molecule has 0 fully saturated rings. The van der Waals surface area contributed by atoms with Gasteiger partial charge in [-0.2, -0.15) is 0 Å². The summed E-state index contributed by atoms with van der Waals surface area (Å²) < 4.78 is 4.77. The maximum absolute atomic E-state index is 11.9. The van der Waals surface area contributed by atoms with Crippen molar-refractivity contribution in [3.63, 3.8) is 0 Å². The van der Waals surface area contributed by atoms with Gasteiger partial charge in [0.1, 0.15) is 11.3 Å². The van der Waals surface area contributed by atoms with Crippen LogP contribution in [0.25, 0.3) is 0 Å². The van der Waals surface area contributed by atoms with Crippen molar-refractivity contribution in [2.24, 2.45) is 0 Å². The number of benzene rings is 1.